The number of carbonyl (C=O) groups is 2. The van der Waals surface area contributed by atoms with Gasteiger partial charge in [-0.05, 0) is 38.5 Å². The van der Waals surface area contributed by atoms with Crippen molar-refractivity contribution in [1.29, 1.82) is 0 Å². The van der Waals surface area contributed by atoms with Gasteiger partial charge in [-0.3, -0.25) is 9.59 Å². The Labute approximate surface area is 128 Å². The zero-order valence-electron chi connectivity index (χ0n) is 12.3. The normalized spacial score (nSPS) is 12.4. The summed E-state index contributed by atoms with van der Waals surface area (Å²) in [6, 6.07) is 5.77. The van der Waals surface area contributed by atoms with Gasteiger partial charge in [-0.25, -0.2) is 0 Å². The monoisotopic (exact) mass is 305 g/mol. The van der Waals surface area contributed by atoms with E-state index in [1.807, 2.05) is 25.5 Å². The third-order valence-electron chi connectivity index (χ3n) is 3.29. The van der Waals surface area contributed by atoms with Crippen LogP contribution in [-0.2, 0) is 0 Å². The Balaban J connectivity index is 2.00. The maximum atomic E-state index is 12.1. The van der Waals surface area contributed by atoms with E-state index in [1.165, 1.54) is 11.8 Å². The first-order valence-electron chi connectivity index (χ1n) is 6.66. The van der Waals surface area contributed by atoms with Crippen molar-refractivity contribution in [2.24, 2.45) is 0 Å². The lowest BCUT2D eigenvalue weighted by Crippen LogP contribution is -2.34. The van der Waals surface area contributed by atoms with E-state index in [0.717, 1.165) is 0 Å². The second-order valence-electron chi connectivity index (χ2n) is 5.06. The van der Waals surface area contributed by atoms with Gasteiger partial charge < -0.3 is 15.2 Å². The number of nitrogens with one attached hydrogen (secondary N) is 2. The van der Waals surface area contributed by atoms with Crippen molar-refractivity contribution >= 4 is 23.0 Å². The average molecular weight is 305 g/mol. The lowest BCUT2D eigenvalue weighted by atomic mass is 10.2. The number of aromatic amines is 1. The van der Waals surface area contributed by atoms with E-state index in [1.54, 1.807) is 23.6 Å². The summed E-state index contributed by atoms with van der Waals surface area (Å²) in [5.74, 6) is -0.263. The van der Waals surface area contributed by atoms with Gasteiger partial charge in [0.2, 0.25) is 0 Å². The molecule has 0 unspecified atom stereocenters. The number of Topliss-reactive ketones (excluding diaryl/α,β-unsaturated/α-hetero) is 1. The summed E-state index contributed by atoms with van der Waals surface area (Å²) in [7, 11) is 3.97. The number of hydrogen-bond acceptors (Lipinski definition) is 4. The van der Waals surface area contributed by atoms with Crippen LogP contribution in [-0.4, -0.2) is 42.2 Å². The molecule has 2 heterocycles. The van der Waals surface area contributed by atoms with Crippen molar-refractivity contribution in [1.82, 2.24) is 15.2 Å². The summed E-state index contributed by atoms with van der Waals surface area (Å²) in [6.45, 7) is 1.99. The van der Waals surface area contributed by atoms with Crippen molar-refractivity contribution in [3.05, 3.63) is 45.9 Å². The summed E-state index contributed by atoms with van der Waals surface area (Å²) in [6.07, 6.45) is 1.56. The molecule has 0 aliphatic rings. The molecule has 2 aromatic rings. The van der Waals surface area contributed by atoms with Gasteiger partial charge in [-0.1, -0.05) is 6.07 Å². The highest BCUT2D eigenvalue weighted by molar-refractivity contribution is 7.10. The molecule has 1 amide bonds. The quantitative estimate of drug-likeness (QED) is 0.805. The molecule has 2 rings (SSSR count). The minimum absolute atomic E-state index is 0.0601. The number of hydrogen-bond donors (Lipinski definition) is 2. The van der Waals surface area contributed by atoms with Crippen LogP contribution in [0.1, 0.15) is 38.7 Å². The summed E-state index contributed by atoms with van der Waals surface area (Å²) in [4.78, 5) is 29.5. The smallest absolute Gasteiger partial charge is 0.267 e. The molecular formula is C15H19N3O2S. The largest absolute Gasteiger partial charge is 0.356 e. The molecule has 6 heteroatoms. The highest BCUT2D eigenvalue weighted by atomic mass is 32.1. The number of rotatable bonds is 6. The molecule has 5 nitrogen and oxygen atoms in total. The zero-order valence-corrected chi connectivity index (χ0v) is 13.2. The van der Waals surface area contributed by atoms with Gasteiger partial charge in [0, 0.05) is 23.2 Å². The maximum absolute atomic E-state index is 12.1. The summed E-state index contributed by atoms with van der Waals surface area (Å²) in [5.41, 5.74) is 0.923. The molecule has 112 valence electrons. The first kappa shape index (κ1) is 15.5. The topological polar surface area (TPSA) is 65.2 Å². The minimum Gasteiger partial charge on any atom is -0.356 e. The molecule has 0 aliphatic carbocycles. The predicted molar refractivity (Wildman–Crippen MR) is 83.9 cm³/mol. The molecule has 21 heavy (non-hydrogen) atoms. The van der Waals surface area contributed by atoms with E-state index in [9.17, 15) is 9.59 Å². The van der Waals surface area contributed by atoms with Gasteiger partial charge in [0.05, 0.1) is 6.04 Å². The number of nitrogens with zero attached hydrogens (tertiary/aromatic N) is 1. The molecule has 0 spiro atoms. The van der Waals surface area contributed by atoms with Crippen LogP contribution in [0.5, 0.6) is 0 Å². The third-order valence-corrected chi connectivity index (χ3v) is 4.26. The molecule has 2 aromatic heterocycles. The molecule has 0 saturated heterocycles. The van der Waals surface area contributed by atoms with E-state index in [-0.39, 0.29) is 17.7 Å². The number of carbonyl (C=O) groups excluding carboxylic acids is 2. The molecule has 0 aliphatic heterocycles. The Kier molecular flexibility index (Phi) is 4.93. The van der Waals surface area contributed by atoms with Crippen LogP contribution >= 0.6 is 11.3 Å². The Hall–Kier alpha value is -1.92. The third kappa shape index (κ3) is 3.80. The summed E-state index contributed by atoms with van der Waals surface area (Å²) >= 11 is 1.67. The Morgan fingerprint density at radius 2 is 2.19 bits per heavy atom. The van der Waals surface area contributed by atoms with E-state index in [0.29, 0.717) is 17.8 Å². The molecule has 0 bridgehead atoms. The van der Waals surface area contributed by atoms with E-state index in [4.69, 9.17) is 0 Å². The molecular weight excluding hydrogens is 286 g/mol. The summed E-state index contributed by atoms with van der Waals surface area (Å²) in [5, 5.41) is 4.93. The first-order chi connectivity index (χ1) is 9.99. The van der Waals surface area contributed by atoms with E-state index < -0.39 is 0 Å². The fraction of sp³-hybridized carbons (Fsp3) is 0.333. The summed E-state index contributed by atoms with van der Waals surface area (Å²) < 4.78 is 0. The van der Waals surface area contributed by atoms with Crippen LogP contribution in [0.2, 0.25) is 0 Å². The van der Waals surface area contributed by atoms with Gasteiger partial charge >= 0.3 is 0 Å². The lowest BCUT2D eigenvalue weighted by molar-refractivity contribution is 0.0937. The Bertz CT molecular complexity index is 617. The molecule has 0 saturated carbocycles. The number of amides is 1. The highest BCUT2D eigenvalue weighted by Gasteiger charge is 2.17. The molecule has 0 aromatic carbocycles. The van der Waals surface area contributed by atoms with Gasteiger partial charge in [-0.15, -0.1) is 11.3 Å². The average Bonchev–Trinajstić information content (AvgIpc) is 3.09. The molecule has 2 N–H and O–H groups in total. The van der Waals surface area contributed by atoms with E-state index >= 15 is 0 Å². The van der Waals surface area contributed by atoms with Crippen molar-refractivity contribution in [2.45, 2.75) is 13.0 Å². The number of aromatic nitrogens is 1. The Morgan fingerprint density at radius 3 is 2.71 bits per heavy atom. The van der Waals surface area contributed by atoms with Crippen molar-refractivity contribution in [3.8, 4) is 0 Å². The van der Waals surface area contributed by atoms with E-state index in [2.05, 4.69) is 21.3 Å². The first-order valence-corrected chi connectivity index (χ1v) is 7.54. The highest BCUT2D eigenvalue weighted by Crippen LogP contribution is 2.22. The standard InChI is InChI=1S/C15H19N3O2S/c1-10(19)11-7-12(16-8-11)15(20)17-9-13(18(2)3)14-5-4-6-21-14/h4-8,13,16H,9H2,1-3H3,(H,17,20)/t13-/m1/s1. The number of H-pyrrole nitrogens is 1. The van der Waals surface area contributed by atoms with Crippen LogP contribution in [0, 0.1) is 0 Å². The predicted octanol–water partition coefficient (Wildman–Crippen LogP) is 2.31. The fourth-order valence-electron chi connectivity index (χ4n) is 2.03. The van der Waals surface area contributed by atoms with Gasteiger partial charge in [-0.2, -0.15) is 0 Å². The second kappa shape index (κ2) is 6.69. The molecule has 0 radical (unpaired) electrons. The van der Waals surface area contributed by atoms with Crippen molar-refractivity contribution in [2.75, 3.05) is 20.6 Å². The van der Waals surface area contributed by atoms with Crippen LogP contribution in [0.15, 0.2) is 29.8 Å². The number of thiophene rings is 1. The zero-order chi connectivity index (χ0) is 15.4. The number of ketones is 1. The lowest BCUT2D eigenvalue weighted by Gasteiger charge is -2.23. The van der Waals surface area contributed by atoms with Crippen LogP contribution in [0.25, 0.3) is 0 Å². The van der Waals surface area contributed by atoms with Crippen LogP contribution in [0.3, 0.4) is 0 Å². The van der Waals surface area contributed by atoms with Crippen molar-refractivity contribution < 1.29 is 9.59 Å². The van der Waals surface area contributed by atoms with Crippen molar-refractivity contribution in [3.63, 3.8) is 0 Å². The number of likely N-dealkylation sites (N-methyl/N-ethyl adjacent to an activating group) is 1. The Morgan fingerprint density at radius 1 is 1.43 bits per heavy atom. The minimum atomic E-state index is -0.203. The second-order valence-corrected chi connectivity index (χ2v) is 6.04. The van der Waals surface area contributed by atoms with Gasteiger partial charge in [0.1, 0.15) is 5.69 Å². The van der Waals surface area contributed by atoms with Gasteiger partial charge in [0.15, 0.2) is 5.78 Å². The van der Waals surface area contributed by atoms with Crippen LogP contribution < -0.4 is 5.32 Å². The van der Waals surface area contributed by atoms with Gasteiger partial charge in [0.25, 0.3) is 5.91 Å². The SMILES string of the molecule is CC(=O)c1c[nH]c(C(=O)NC[C@H](c2cccs2)N(C)C)c1. The maximum Gasteiger partial charge on any atom is 0.267 e. The van der Waals surface area contributed by atoms with Crippen LogP contribution in [0.4, 0.5) is 0 Å². The fourth-order valence-corrected chi connectivity index (χ4v) is 2.95. The molecule has 1 atom stereocenters. The molecule has 0 fully saturated rings.